The number of ether oxygens (including phenoxy) is 3. The van der Waals surface area contributed by atoms with Crippen LogP contribution in [-0.4, -0.2) is 37.2 Å². The molecule has 0 aromatic heterocycles. The molecule has 0 aliphatic heterocycles. The van der Waals surface area contributed by atoms with Crippen LogP contribution in [0.3, 0.4) is 0 Å². The van der Waals surface area contributed by atoms with Crippen LogP contribution in [0.5, 0.6) is 0 Å². The van der Waals surface area contributed by atoms with Gasteiger partial charge in [-0.05, 0) is 148 Å². The summed E-state index contributed by atoms with van der Waals surface area (Å²) < 4.78 is 16.9. The summed E-state index contributed by atoms with van der Waals surface area (Å²) in [6, 6.07) is 0. The first kappa shape index (κ1) is 77.8. The van der Waals surface area contributed by atoms with Gasteiger partial charge in [-0.25, -0.2) is 0 Å². The van der Waals surface area contributed by atoms with Gasteiger partial charge in [0.25, 0.3) is 0 Å². The maximum absolute atomic E-state index is 12.9. The minimum Gasteiger partial charge on any atom is -0.462 e. The van der Waals surface area contributed by atoms with Crippen molar-refractivity contribution in [2.45, 2.75) is 284 Å². The number of unbranched alkanes of at least 4 members (excludes halogenated alkanes) is 20. The van der Waals surface area contributed by atoms with Crippen molar-refractivity contribution in [3.8, 4) is 0 Å². The van der Waals surface area contributed by atoms with Gasteiger partial charge in [0.1, 0.15) is 13.2 Å². The monoisotopic (exact) mass is 1140 g/mol. The van der Waals surface area contributed by atoms with Crippen molar-refractivity contribution in [2.75, 3.05) is 13.2 Å². The van der Waals surface area contributed by atoms with Crippen LogP contribution in [0.25, 0.3) is 0 Å². The van der Waals surface area contributed by atoms with E-state index in [1.54, 1.807) is 0 Å². The van der Waals surface area contributed by atoms with Crippen LogP contribution in [-0.2, 0) is 28.6 Å². The molecule has 1 unspecified atom stereocenters. The number of hydrogen-bond acceptors (Lipinski definition) is 6. The molecule has 0 aliphatic rings. The fraction of sp³-hybridized carbons (Fsp3) is 0.597. The van der Waals surface area contributed by atoms with Crippen molar-refractivity contribution in [2.24, 2.45) is 0 Å². The van der Waals surface area contributed by atoms with Gasteiger partial charge in [-0.1, -0.05) is 281 Å². The summed E-state index contributed by atoms with van der Waals surface area (Å²) in [5, 5.41) is 0. The van der Waals surface area contributed by atoms with Gasteiger partial charge in [-0.2, -0.15) is 0 Å². The van der Waals surface area contributed by atoms with Gasteiger partial charge < -0.3 is 14.2 Å². The normalized spacial score (nSPS) is 13.2. The van der Waals surface area contributed by atoms with Crippen LogP contribution in [0.15, 0.2) is 170 Å². The molecule has 0 fully saturated rings. The quantitative estimate of drug-likeness (QED) is 0.0261. The molecule has 0 rings (SSSR count). The van der Waals surface area contributed by atoms with Crippen LogP contribution >= 0.6 is 0 Å². The first-order valence-electron chi connectivity index (χ1n) is 33.6. The molecule has 0 amide bonds. The van der Waals surface area contributed by atoms with Crippen LogP contribution in [0.2, 0.25) is 0 Å². The highest BCUT2D eigenvalue weighted by Crippen LogP contribution is 2.15. The predicted octanol–water partition coefficient (Wildman–Crippen LogP) is 23.4. The molecule has 0 N–H and O–H groups in total. The first-order valence-corrected chi connectivity index (χ1v) is 33.6. The van der Waals surface area contributed by atoms with E-state index in [0.29, 0.717) is 19.3 Å². The fourth-order valence-corrected chi connectivity index (χ4v) is 8.78. The lowest BCUT2D eigenvalue weighted by Crippen LogP contribution is -2.30. The SMILES string of the molecule is CC/C=C\C/C=C\C/C=C\C/C=C\C/C=C\C/C=C\CCCCCCCCCCCCCCC(=O)OCC(COC(=O)CCCCC/C=C\C/C=C\C/C=C\CC)OC(=O)CCCCCCC/C=C\C/C=C\C/C=C\C/C=C\C/C=C\CC. The van der Waals surface area contributed by atoms with Crippen molar-refractivity contribution < 1.29 is 28.6 Å². The molecular weight excluding hydrogens is 1020 g/mol. The summed E-state index contributed by atoms with van der Waals surface area (Å²) in [6.45, 7) is 6.25. The second-order valence-corrected chi connectivity index (χ2v) is 21.6. The summed E-state index contributed by atoms with van der Waals surface area (Å²) in [5.41, 5.74) is 0. The average Bonchev–Trinajstić information content (AvgIpc) is 3.49. The van der Waals surface area contributed by atoms with E-state index in [0.717, 1.165) is 173 Å². The maximum atomic E-state index is 12.9. The van der Waals surface area contributed by atoms with Crippen molar-refractivity contribution >= 4 is 17.9 Å². The minimum absolute atomic E-state index is 0.103. The lowest BCUT2D eigenvalue weighted by atomic mass is 10.0. The standard InChI is InChI=1S/C77H122O6/c1-4-7-10-13-16-19-22-25-27-29-31-33-34-35-36-37-38-39-40-41-42-44-45-47-49-52-55-58-61-64-67-70-76(79)82-73-74(72-81-75(78)69-66-63-60-57-54-51-24-21-18-15-12-9-6-3)83-77(80)71-68-65-62-59-56-53-50-48-46-43-32-30-28-26-23-20-17-14-11-8-5-2/h7-12,16-21,25-28,31-33,35-36,38-39,43,48,50-51,54,74H,4-6,13-15,22-24,29-30,34,37,40-42,44-47,49,52-53,55-73H2,1-3H3/b10-7-,11-8-,12-9-,19-16-,20-17-,21-18-,27-25-,28-26-,33-31-,36-35-,39-38-,43-32-,50-48-,54-51-. The summed E-state index contributed by atoms with van der Waals surface area (Å²) in [5.74, 6) is -0.956. The Balaban J connectivity index is 4.35. The highest BCUT2D eigenvalue weighted by Gasteiger charge is 2.19. The van der Waals surface area contributed by atoms with E-state index < -0.39 is 6.10 Å². The number of carbonyl (C=O) groups is 3. The zero-order chi connectivity index (χ0) is 59.9. The second-order valence-electron chi connectivity index (χ2n) is 21.6. The molecular formula is C77H122O6. The third-order valence-corrected chi connectivity index (χ3v) is 13.7. The molecule has 0 radical (unpaired) electrons. The smallest absolute Gasteiger partial charge is 0.306 e. The van der Waals surface area contributed by atoms with E-state index >= 15 is 0 Å². The van der Waals surface area contributed by atoms with E-state index in [1.807, 2.05) is 0 Å². The van der Waals surface area contributed by atoms with Gasteiger partial charge in [0.15, 0.2) is 6.10 Å². The molecule has 0 aromatic rings. The van der Waals surface area contributed by atoms with Gasteiger partial charge in [-0.3, -0.25) is 14.4 Å². The third kappa shape index (κ3) is 67.4. The van der Waals surface area contributed by atoms with Crippen molar-refractivity contribution in [3.63, 3.8) is 0 Å². The van der Waals surface area contributed by atoms with Gasteiger partial charge in [-0.15, -0.1) is 0 Å². The molecule has 0 aliphatic carbocycles. The molecule has 466 valence electrons. The Bertz CT molecular complexity index is 1890. The van der Waals surface area contributed by atoms with Crippen LogP contribution in [0.4, 0.5) is 0 Å². The van der Waals surface area contributed by atoms with Crippen LogP contribution in [0.1, 0.15) is 278 Å². The van der Waals surface area contributed by atoms with E-state index in [9.17, 15) is 14.4 Å². The molecule has 1 atom stereocenters. The highest BCUT2D eigenvalue weighted by molar-refractivity contribution is 5.71. The second kappa shape index (κ2) is 69.3. The minimum atomic E-state index is -0.811. The first-order chi connectivity index (χ1) is 41.0. The topological polar surface area (TPSA) is 78.9 Å². The van der Waals surface area contributed by atoms with E-state index in [-0.39, 0.29) is 31.1 Å². The number of hydrogen-bond donors (Lipinski definition) is 0. The zero-order valence-corrected chi connectivity index (χ0v) is 53.4. The lowest BCUT2D eigenvalue weighted by molar-refractivity contribution is -0.167. The van der Waals surface area contributed by atoms with Gasteiger partial charge >= 0.3 is 17.9 Å². The van der Waals surface area contributed by atoms with Gasteiger partial charge in [0, 0.05) is 19.3 Å². The number of allylic oxidation sites excluding steroid dienone is 28. The Morgan fingerprint density at radius 1 is 0.241 bits per heavy atom. The van der Waals surface area contributed by atoms with Crippen LogP contribution in [0, 0.1) is 0 Å². The molecule has 0 heterocycles. The van der Waals surface area contributed by atoms with E-state index in [4.69, 9.17) is 14.2 Å². The number of rotatable bonds is 59. The van der Waals surface area contributed by atoms with E-state index in [1.165, 1.54) is 64.2 Å². The molecule has 0 aromatic carbocycles. The summed E-state index contributed by atoms with van der Waals surface area (Å²) in [7, 11) is 0. The molecule has 0 bridgehead atoms. The maximum Gasteiger partial charge on any atom is 0.306 e. The molecule has 0 saturated heterocycles. The molecule has 6 nitrogen and oxygen atoms in total. The van der Waals surface area contributed by atoms with Crippen LogP contribution < -0.4 is 0 Å². The molecule has 0 spiro atoms. The highest BCUT2D eigenvalue weighted by atomic mass is 16.6. The zero-order valence-electron chi connectivity index (χ0n) is 53.4. The third-order valence-electron chi connectivity index (χ3n) is 13.7. The van der Waals surface area contributed by atoms with Crippen molar-refractivity contribution in [3.05, 3.63) is 170 Å². The Morgan fingerprint density at radius 2 is 0.434 bits per heavy atom. The average molecular weight is 1140 g/mol. The van der Waals surface area contributed by atoms with Gasteiger partial charge in [0.2, 0.25) is 0 Å². The van der Waals surface area contributed by atoms with E-state index in [2.05, 4.69) is 191 Å². The summed E-state index contributed by atoms with van der Waals surface area (Å²) >= 11 is 0. The largest absolute Gasteiger partial charge is 0.462 e. The molecule has 0 saturated carbocycles. The Hall–Kier alpha value is -5.23. The van der Waals surface area contributed by atoms with Crippen molar-refractivity contribution in [1.82, 2.24) is 0 Å². The Kier molecular flexibility index (Phi) is 64.9. The molecule has 6 heteroatoms. The lowest BCUT2D eigenvalue weighted by Gasteiger charge is -2.18. The number of esters is 3. The Morgan fingerprint density at radius 3 is 0.687 bits per heavy atom. The number of carbonyl (C=O) groups excluding carboxylic acids is 3. The van der Waals surface area contributed by atoms with Crippen molar-refractivity contribution in [1.29, 1.82) is 0 Å². The predicted molar refractivity (Wildman–Crippen MR) is 361 cm³/mol. The summed E-state index contributed by atoms with van der Waals surface area (Å²) in [6.07, 6.45) is 102. The fourth-order valence-electron chi connectivity index (χ4n) is 8.78. The summed E-state index contributed by atoms with van der Waals surface area (Å²) in [4.78, 5) is 38.4. The Labute approximate surface area is 511 Å². The molecule has 83 heavy (non-hydrogen) atoms. The van der Waals surface area contributed by atoms with Gasteiger partial charge in [0.05, 0.1) is 0 Å².